The van der Waals surface area contributed by atoms with E-state index in [1.165, 1.54) is 44.6 Å². The molecule has 0 atom stereocenters. The minimum atomic E-state index is -0.429. The molecule has 0 spiro atoms. The van der Waals surface area contributed by atoms with Crippen molar-refractivity contribution in [3.8, 4) is 17.2 Å². The van der Waals surface area contributed by atoms with E-state index in [-0.39, 0.29) is 32.5 Å². The number of carbonyl (C=O) groups is 2. The summed E-state index contributed by atoms with van der Waals surface area (Å²) < 4.78 is 10.3. The molecule has 1 aliphatic rings. The monoisotopic (exact) mass is 378 g/mol. The lowest BCUT2D eigenvalue weighted by Gasteiger charge is -2.08. The summed E-state index contributed by atoms with van der Waals surface area (Å²) in [6, 6.07) is 5.79. The molecule has 2 aromatic rings. The van der Waals surface area contributed by atoms with Crippen molar-refractivity contribution in [2.45, 2.75) is 0 Å². The predicted octanol–water partition coefficient (Wildman–Crippen LogP) is 4.18. The van der Waals surface area contributed by atoms with Gasteiger partial charge in [-0.25, -0.2) is 0 Å². The van der Waals surface area contributed by atoms with Crippen LogP contribution in [0.15, 0.2) is 29.8 Å². The fourth-order valence-electron chi connectivity index (χ4n) is 2.61. The second-order valence-corrected chi connectivity index (χ2v) is 6.12. The van der Waals surface area contributed by atoms with E-state index in [2.05, 4.69) is 0 Å². The summed E-state index contributed by atoms with van der Waals surface area (Å²) in [6.07, 6.45) is 1.39. The lowest BCUT2D eigenvalue weighted by atomic mass is 10.1. The lowest BCUT2D eigenvalue weighted by Crippen LogP contribution is -2.00. The number of fused-ring (bicyclic) bond motifs is 1. The molecule has 7 heteroatoms. The van der Waals surface area contributed by atoms with Gasteiger partial charge in [0.2, 0.25) is 0 Å². The second kappa shape index (κ2) is 6.43. The van der Waals surface area contributed by atoms with Crippen LogP contribution in [0.3, 0.4) is 0 Å². The van der Waals surface area contributed by atoms with Crippen LogP contribution >= 0.6 is 23.2 Å². The zero-order valence-electron chi connectivity index (χ0n) is 13.2. The number of ether oxygens (including phenoxy) is 2. The highest BCUT2D eigenvalue weighted by Gasteiger charge is 2.34. The van der Waals surface area contributed by atoms with E-state index < -0.39 is 11.6 Å². The molecule has 0 heterocycles. The molecule has 1 aliphatic carbocycles. The number of rotatable bonds is 3. The third-order valence-electron chi connectivity index (χ3n) is 3.85. The molecule has 1 N–H and O–H groups in total. The average Bonchev–Trinajstić information content (AvgIpc) is 2.82. The molecule has 0 bridgehead atoms. The minimum absolute atomic E-state index is 0.0249. The van der Waals surface area contributed by atoms with Crippen LogP contribution in [-0.4, -0.2) is 30.9 Å². The first-order chi connectivity index (χ1) is 11.9. The Morgan fingerprint density at radius 2 is 1.32 bits per heavy atom. The number of hydrogen-bond acceptors (Lipinski definition) is 5. The number of carbonyl (C=O) groups excluding carboxylic acids is 2. The Balaban J connectivity index is 2.11. The number of phenolic OH excluding ortho intramolecular Hbond substituents is 1. The Labute approximate surface area is 153 Å². The Bertz CT molecular complexity index is 879. The van der Waals surface area contributed by atoms with Crippen LogP contribution in [0.25, 0.3) is 6.08 Å². The summed E-state index contributed by atoms with van der Waals surface area (Å²) in [4.78, 5) is 25.2. The number of benzene rings is 2. The molecule has 0 saturated heterocycles. The number of halogens is 2. The van der Waals surface area contributed by atoms with E-state index in [4.69, 9.17) is 32.7 Å². The van der Waals surface area contributed by atoms with Crippen LogP contribution in [0.2, 0.25) is 10.0 Å². The van der Waals surface area contributed by atoms with E-state index in [1.54, 1.807) is 0 Å². The third kappa shape index (κ3) is 2.86. The van der Waals surface area contributed by atoms with E-state index in [0.29, 0.717) is 17.1 Å². The van der Waals surface area contributed by atoms with Crippen molar-refractivity contribution in [3.05, 3.63) is 56.6 Å². The minimum Gasteiger partial charge on any atom is -0.505 e. The standard InChI is InChI=1S/C18H12Cl2O5/c1-24-14-6-9-10(7-15(14)25-2)17(22)11(16(9)21)3-8-4-12(19)18(23)13(20)5-8/h3-7,23H,1-2H3. The average molecular weight is 379 g/mol. The number of ketones is 2. The number of aromatic hydroxyl groups is 1. The summed E-state index contributed by atoms with van der Waals surface area (Å²) in [5.74, 6) is -0.395. The van der Waals surface area contributed by atoms with E-state index in [9.17, 15) is 14.7 Å². The van der Waals surface area contributed by atoms with Gasteiger partial charge in [-0.05, 0) is 35.9 Å². The molecule has 2 aromatic carbocycles. The van der Waals surface area contributed by atoms with Crippen LogP contribution in [-0.2, 0) is 0 Å². The van der Waals surface area contributed by atoms with Crippen LogP contribution in [0, 0.1) is 0 Å². The fraction of sp³-hybridized carbons (Fsp3) is 0.111. The van der Waals surface area contributed by atoms with Crippen molar-refractivity contribution in [1.29, 1.82) is 0 Å². The molecule has 0 fully saturated rings. The van der Waals surface area contributed by atoms with Gasteiger partial charge in [-0.15, -0.1) is 0 Å². The van der Waals surface area contributed by atoms with Gasteiger partial charge < -0.3 is 14.6 Å². The molecule has 0 radical (unpaired) electrons. The molecule has 0 aliphatic heterocycles. The van der Waals surface area contributed by atoms with Gasteiger partial charge in [-0.3, -0.25) is 9.59 Å². The highest BCUT2D eigenvalue weighted by atomic mass is 35.5. The van der Waals surface area contributed by atoms with Crippen molar-refractivity contribution < 1.29 is 24.2 Å². The topological polar surface area (TPSA) is 72.8 Å². The Hall–Kier alpha value is -2.50. The molecule has 25 heavy (non-hydrogen) atoms. The molecular weight excluding hydrogens is 367 g/mol. The highest BCUT2D eigenvalue weighted by Crippen LogP contribution is 2.38. The molecule has 3 rings (SSSR count). The summed E-state index contributed by atoms with van der Waals surface area (Å²) >= 11 is 11.8. The van der Waals surface area contributed by atoms with E-state index in [1.807, 2.05) is 0 Å². The molecule has 5 nitrogen and oxygen atoms in total. The van der Waals surface area contributed by atoms with Gasteiger partial charge in [0.05, 0.1) is 29.8 Å². The number of hydrogen-bond donors (Lipinski definition) is 1. The normalized spacial score (nSPS) is 13.0. The summed E-state index contributed by atoms with van der Waals surface area (Å²) in [5.41, 5.74) is 0.883. The van der Waals surface area contributed by atoms with Gasteiger partial charge >= 0.3 is 0 Å². The molecule has 0 aromatic heterocycles. The maximum atomic E-state index is 12.6. The van der Waals surface area contributed by atoms with Crippen molar-refractivity contribution in [1.82, 2.24) is 0 Å². The van der Waals surface area contributed by atoms with Gasteiger partial charge in [0.1, 0.15) is 0 Å². The van der Waals surface area contributed by atoms with Gasteiger partial charge in [-0.2, -0.15) is 0 Å². The summed E-state index contributed by atoms with van der Waals surface area (Å²) in [5, 5.41) is 9.66. The van der Waals surface area contributed by atoms with Crippen LogP contribution in [0.5, 0.6) is 17.2 Å². The molecule has 0 saturated carbocycles. The predicted molar refractivity (Wildman–Crippen MR) is 94.3 cm³/mol. The fourth-order valence-corrected chi connectivity index (χ4v) is 3.12. The first kappa shape index (κ1) is 17.3. The maximum absolute atomic E-state index is 12.6. The number of allylic oxidation sites excluding steroid dienone is 1. The van der Waals surface area contributed by atoms with Gasteiger partial charge in [0.25, 0.3) is 0 Å². The van der Waals surface area contributed by atoms with Crippen molar-refractivity contribution in [3.63, 3.8) is 0 Å². The zero-order chi connectivity index (χ0) is 18.3. The number of Topliss-reactive ketones (excluding diaryl/α,β-unsaturated/α-hetero) is 2. The molecular formula is C18H12Cl2O5. The van der Waals surface area contributed by atoms with Crippen LogP contribution in [0.4, 0.5) is 0 Å². The quantitative estimate of drug-likeness (QED) is 0.640. The van der Waals surface area contributed by atoms with Crippen molar-refractivity contribution in [2.75, 3.05) is 14.2 Å². The van der Waals surface area contributed by atoms with Gasteiger partial charge in [-0.1, -0.05) is 23.2 Å². The van der Waals surface area contributed by atoms with Crippen molar-refractivity contribution >= 4 is 40.8 Å². The largest absolute Gasteiger partial charge is 0.505 e. The molecule has 0 unspecified atom stereocenters. The molecule has 128 valence electrons. The first-order valence-corrected chi connectivity index (χ1v) is 7.88. The summed E-state index contributed by atoms with van der Waals surface area (Å²) in [7, 11) is 2.89. The zero-order valence-corrected chi connectivity index (χ0v) is 14.7. The maximum Gasteiger partial charge on any atom is 0.197 e. The lowest BCUT2D eigenvalue weighted by molar-refractivity contribution is 0.0990. The van der Waals surface area contributed by atoms with E-state index in [0.717, 1.165) is 0 Å². The smallest absolute Gasteiger partial charge is 0.197 e. The Morgan fingerprint density at radius 3 is 1.72 bits per heavy atom. The van der Waals surface area contributed by atoms with Gasteiger partial charge in [0, 0.05) is 11.1 Å². The van der Waals surface area contributed by atoms with Crippen LogP contribution in [0.1, 0.15) is 26.3 Å². The third-order valence-corrected chi connectivity index (χ3v) is 4.43. The first-order valence-electron chi connectivity index (χ1n) is 7.12. The SMILES string of the molecule is COc1cc2c(cc1OC)C(=O)C(=Cc1cc(Cl)c(O)c(Cl)c1)C2=O. The van der Waals surface area contributed by atoms with Crippen LogP contribution < -0.4 is 9.47 Å². The highest BCUT2D eigenvalue weighted by molar-refractivity contribution is 6.42. The number of methoxy groups -OCH3 is 2. The van der Waals surface area contributed by atoms with Gasteiger partial charge in [0.15, 0.2) is 28.8 Å². The van der Waals surface area contributed by atoms with Crippen molar-refractivity contribution in [2.24, 2.45) is 0 Å². The summed E-state index contributed by atoms with van der Waals surface area (Å²) in [6.45, 7) is 0. The Morgan fingerprint density at radius 1 is 0.880 bits per heavy atom. The number of phenols is 1. The van der Waals surface area contributed by atoms with E-state index >= 15 is 0 Å². The second-order valence-electron chi connectivity index (χ2n) is 5.30. The Kier molecular flexibility index (Phi) is 4.45. The molecule has 0 amide bonds.